The van der Waals surface area contributed by atoms with E-state index in [0.29, 0.717) is 18.6 Å². The smallest absolute Gasteiger partial charge is 0.420 e. The number of hydrogen-bond donors (Lipinski definition) is 1. The second-order valence-corrected chi connectivity index (χ2v) is 3.83. The lowest BCUT2D eigenvalue weighted by Gasteiger charge is -2.25. The fraction of sp³-hybridized carbons (Fsp3) is 0.455. The zero-order valence-electron chi connectivity index (χ0n) is 9.17. The molecule has 1 atom stereocenters. The van der Waals surface area contributed by atoms with Crippen LogP contribution in [0.4, 0.5) is 13.2 Å². The molecule has 94 valence electrons. The minimum Gasteiger partial charge on any atom is -0.496 e. The van der Waals surface area contributed by atoms with Crippen molar-refractivity contribution in [3.8, 4) is 11.5 Å². The number of alkyl halides is 3. The summed E-state index contributed by atoms with van der Waals surface area (Å²) in [4.78, 5) is 0. The molecular formula is C11H12F3NO2. The summed E-state index contributed by atoms with van der Waals surface area (Å²) in [6.45, 7) is 0.331. The molecular weight excluding hydrogens is 235 g/mol. The Morgan fingerprint density at radius 3 is 2.71 bits per heavy atom. The minimum absolute atomic E-state index is 0.192. The van der Waals surface area contributed by atoms with Crippen molar-refractivity contribution >= 4 is 0 Å². The Hall–Kier alpha value is -1.43. The van der Waals surface area contributed by atoms with Gasteiger partial charge in [-0.1, -0.05) is 0 Å². The Morgan fingerprint density at radius 2 is 2.12 bits per heavy atom. The summed E-state index contributed by atoms with van der Waals surface area (Å²) < 4.78 is 48.2. The van der Waals surface area contributed by atoms with Gasteiger partial charge in [-0.05, 0) is 12.1 Å². The average molecular weight is 247 g/mol. The van der Waals surface area contributed by atoms with Gasteiger partial charge in [-0.15, -0.1) is 0 Å². The molecule has 0 bridgehead atoms. The molecule has 6 heteroatoms. The third-order valence-corrected chi connectivity index (χ3v) is 2.72. The lowest BCUT2D eigenvalue weighted by molar-refractivity contribution is -0.138. The molecule has 0 amide bonds. The molecule has 1 aromatic rings. The van der Waals surface area contributed by atoms with E-state index in [-0.39, 0.29) is 17.5 Å². The summed E-state index contributed by atoms with van der Waals surface area (Å²) in [6.07, 6.45) is -3.88. The summed E-state index contributed by atoms with van der Waals surface area (Å²) in [6, 6.07) is 1.95. The Balaban J connectivity index is 2.56. The largest absolute Gasteiger partial charge is 0.496 e. The number of methoxy groups -OCH3 is 1. The number of rotatable bonds is 1. The van der Waals surface area contributed by atoms with E-state index in [1.807, 2.05) is 0 Å². The summed E-state index contributed by atoms with van der Waals surface area (Å²) in [5, 5.41) is 0. The maximum Gasteiger partial charge on any atom is 0.420 e. The molecule has 3 nitrogen and oxygen atoms in total. The van der Waals surface area contributed by atoms with Crippen LogP contribution in [0, 0.1) is 0 Å². The Bertz CT molecular complexity index is 431. The van der Waals surface area contributed by atoms with E-state index < -0.39 is 11.7 Å². The number of benzene rings is 1. The third kappa shape index (κ3) is 2.17. The van der Waals surface area contributed by atoms with Gasteiger partial charge in [0.25, 0.3) is 0 Å². The standard InChI is InChI=1S/C11H12F3NO2/c1-16-10-4-6-8(15)2-3-17-9(6)5-7(10)11(12,13)14/h4-5,8H,2-3,15H2,1H3/t8-/m1/s1. The number of nitrogens with two attached hydrogens (primary N) is 1. The average Bonchev–Trinajstić information content (AvgIpc) is 2.27. The van der Waals surface area contributed by atoms with Gasteiger partial charge in [0.1, 0.15) is 17.1 Å². The monoisotopic (exact) mass is 247 g/mol. The van der Waals surface area contributed by atoms with Crippen LogP contribution in [0.15, 0.2) is 12.1 Å². The normalized spacial score (nSPS) is 19.5. The van der Waals surface area contributed by atoms with Crippen LogP contribution in [0.3, 0.4) is 0 Å². The van der Waals surface area contributed by atoms with Gasteiger partial charge in [-0.2, -0.15) is 13.2 Å². The van der Waals surface area contributed by atoms with Crippen molar-refractivity contribution in [3.05, 3.63) is 23.3 Å². The lowest BCUT2D eigenvalue weighted by Crippen LogP contribution is -2.21. The molecule has 1 heterocycles. The molecule has 0 fully saturated rings. The topological polar surface area (TPSA) is 44.5 Å². The van der Waals surface area contributed by atoms with E-state index in [2.05, 4.69) is 0 Å². The van der Waals surface area contributed by atoms with E-state index in [1.54, 1.807) is 0 Å². The number of fused-ring (bicyclic) bond motifs is 1. The van der Waals surface area contributed by atoms with Crippen LogP contribution in [0.1, 0.15) is 23.6 Å². The van der Waals surface area contributed by atoms with Gasteiger partial charge in [0.2, 0.25) is 0 Å². The van der Waals surface area contributed by atoms with Gasteiger partial charge in [-0.3, -0.25) is 0 Å². The highest BCUT2D eigenvalue weighted by Crippen LogP contribution is 2.42. The fourth-order valence-corrected chi connectivity index (χ4v) is 1.83. The van der Waals surface area contributed by atoms with Gasteiger partial charge < -0.3 is 15.2 Å². The quantitative estimate of drug-likeness (QED) is 0.829. The van der Waals surface area contributed by atoms with E-state index in [9.17, 15) is 13.2 Å². The van der Waals surface area contributed by atoms with Crippen LogP contribution in [0.25, 0.3) is 0 Å². The van der Waals surface area contributed by atoms with E-state index >= 15 is 0 Å². The molecule has 1 aliphatic rings. The Morgan fingerprint density at radius 1 is 1.41 bits per heavy atom. The molecule has 17 heavy (non-hydrogen) atoms. The Labute approximate surface area is 96.3 Å². The molecule has 2 rings (SSSR count). The van der Waals surface area contributed by atoms with Crippen LogP contribution in [-0.4, -0.2) is 13.7 Å². The highest BCUT2D eigenvalue weighted by atomic mass is 19.4. The summed E-state index contributed by atoms with van der Waals surface area (Å²) >= 11 is 0. The molecule has 0 aromatic heterocycles. The van der Waals surface area contributed by atoms with Crippen molar-refractivity contribution in [3.63, 3.8) is 0 Å². The zero-order chi connectivity index (χ0) is 12.6. The third-order valence-electron chi connectivity index (χ3n) is 2.72. The fourth-order valence-electron chi connectivity index (χ4n) is 1.83. The second kappa shape index (κ2) is 4.10. The first-order valence-electron chi connectivity index (χ1n) is 5.11. The van der Waals surface area contributed by atoms with Crippen LogP contribution in [-0.2, 0) is 6.18 Å². The van der Waals surface area contributed by atoms with Crippen LogP contribution in [0.2, 0.25) is 0 Å². The van der Waals surface area contributed by atoms with Crippen LogP contribution < -0.4 is 15.2 Å². The van der Waals surface area contributed by atoms with Crippen LogP contribution >= 0.6 is 0 Å². The van der Waals surface area contributed by atoms with Crippen molar-refractivity contribution in [2.24, 2.45) is 5.73 Å². The summed E-state index contributed by atoms with van der Waals surface area (Å²) in [5.74, 6) is -0.0333. The highest BCUT2D eigenvalue weighted by molar-refractivity contribution is 5.49. The molecule has 0 saturated heterocycles. The first-order chi connectivity index (χ1) is 7.93. The van der Waals surface area contributed by atoms with Gasteiger partial charge >= 0.3 is 6.18 Å². The molecule has 0 spiro atoms. The minimum atomic E-state index is -4.47. The summed E-state index contributed by atoms with van der Waals surface area (Å²) in [7, 11) is 1.20. The van der Waals surface area contributed by atoms with Gasteiger partial charge in [0, 0.05) is 18.0 Å². The molecule has 0 aliphatic carbocycles. The van der Waals surface area contributed by atoms with Crippen molar-refractivity contribution in [2.75, 3.05) is 13.7 Å². The van der Waals surface area contributed by atoms with Crippen LogP contribution in [0.5, 0.6) is 11.5 Å². The number of ether oxygens (including phenoxy) is 2. The molecule has 0 saturated carbocycles. The van der Waals surface area contributed by atoms with Crippen molar-refractivity contribution in [1.82, 2.24) is 0 Å². The predicted molar refractivity (Wildman–Crippen MR) is 55.0 cm³/mol. The lowest BCUT2D eigenvalue weighted by atomic mass is 9.98. The van der Waals surface area contributed by atoms with Gasteiger partial charge in [0.05, 0.1) is 13.7 Å². The molecule has 0 unspecified atom stereocenters. The van der Waals surface area contributed by atoms with Crippen molar-refractivity contribution < 1.29 is 22.6 Å². The summed E-state index contributed by atoms with van der Waals surface area (Å²) in [5.41, 5.74) is 5.53. The van der Waals surface area contributed by atoms with E-state index in [0.717, 1.165) is 6.07 Å². The molecule has 1 aliphatic heterocycles. The highest BCUT2D eigenvalue weighted by Gasteiger charge is 2.36. The first kappa shape index (κ1) is 12.0. The zero-order valence-corrected chi connectivity index (χ0v) is 9.17. The van der Waals surface area contributed by atoms with E-state index in [4.69, 9.17) is 15.2 Å². The van der Waals surface area contributed by atoms with Gasteiger partial charge in [-0.25, -0.2) is 0 Å². The molecule has 2 N–H and O–H groups in total. The van der Waals surface area contributed by atoms with E-state index in [1.165, 1.54) is 13.2 Å². The molecule has 1 aromatic carbocycles. The second-order valence-electron chi connectivity index (χ2n) is 3.83. The maximum absolute atomic E-state index is 12.7. The predicted octanol–water partition coefficient (Wildman–Crippen LogP) is 2.50. The molecule has 0 radical (unpaired) electrons. The maximum atomic E-state index is 12.7. The number of hydrogen-bond acceptors (Lipinski definition) is 3. The first-order valence-corrected chi connectivity index (χ1v) is 5.11. The van der Waals surface area contributed by atoms with Crippen molar-refractivity contribution in [1.29, 1.82) is 0 Å². The Kier molecular flexibility index (Phi) is 2.91. The van der Waals surface area contributed by atoms with Crippen molar-refractivity contribution in [2.45, 2.75) is 18.6 Å². The van der Waals surface area contributed by atoms with Gasteiger partial charge in [0.15, 0.2) is 0 Å². The SMILES string of the molecule is COc1cc2c(cc1C(F)(F)F)OCC[C@H]2N. The number of halogens is 3.